The number of ether oxygens (including phenoxy) is 2. The normalized spacial score (nSPS) is 10.8. The second-order valence-electron chi connectivity index (χ2n) is 5.01. The Morgan fingerprint density at radius 3 is 2.22 bits per heavy atom. The van der Waals surface area contributed by atoms with Crippen LogP contribution in [-0.4, -0.2) is 35.7 Å². The number of esters is 1. The van der Waals surface area contributed by atoms with Crippen molar-refractivity contribution >= 4 is 28.7 Å². The molecule has 0 heterocycles. The van der Waals surface area contributed by atoms with Crippen molar-refractivity contribution in [2.24, 2.45) is 5.10 Å². The zero-order valence-electron chi connectivity index (χ0n) is 14.2. The van der Waals surface area contributed by atoms with Crippen LogP contribution in [0.3, 0.4) is 0 Å². The maximum Gasteiger partial charge on any atom is 0.359 e. The Bertz CT molecular complexity index is 909. The van der Waals surface area contributed by atoms with Crippen molar-refractivity contribution in [3.8, 4) is 5.75 Å². The van der Waals surface area contributed by atoms with E-state index in [-0.39, 0.29) is 5.56 Å². The van der Waals surface area contributed by atoms with Crippen LogP contribution in [0, 0.1) is 20.2 Å². The minimum atomic E-state index is -0.951. The Balaban J connectivity index is 2.47. The van der Waals surface area contributed by atoms with Gasteiger partial charge in [-0.2, -0.15) is 5.10 Å². The van der Waals surface area contributed by atoms with Crippen molar-refractivity contribution in [2.45, 2.75) is 0 Å². The summed E-state index contributed by atoms with van der Waals surface area (Å²) in [6.45, 7) is 0. The molecule has 0 fully saturated rings. The van der Waals surface area contributed by atoms with Crippen LogP contribution >= 0.6 is 0 Å². The number of hydrazone groups is 1. The first-order valence-electron chi connectivity index (χ1n) is 7.36. The van der Waals surface area contributed by atoms with Gasteiger partial charge in [-0.15, -0.1) is 0 Å². The smallest absolute Gasteiger partial charge is 0.359 e. The fourth-order valence-corrected chi connectivity index (χ4v) is 2.08. The molecule has 0 saturated carbocycles. The molecule has 0 atom stereocenters. The number of hydrogen-bond acceptors (Lipinski definition) is 9. The van der Waals surface area contributed by atoms with Crippen molar-refractivity contribution in [1.29, 1.82) is 0 Å². The van der Waals surface area contributed by atoms with E-state index >= 15 is 0 Å². The summed E-state index contributed by atoms with van der Waals surface area (Å²) in [6.07, 6.45) is 0. The summed E-state index contributed by atoms with van der Waals surface area (Å²) in [4.78, 5) is 32.6. The van der Waals surface area contributed by atoms with Gasteiger partial charge in [0.05, 0.1) is 41.4 Å². The first-order chi connectivity index (χ1) is 12.9. The Morgan fingerprint density at radius 2 is 1.70 bits per heavy atom. The van der Waals surface area contributed by atoms with Crippen LogP contribution in [0.25, 0.3) is 0 Å². The quantitative estimate of drug-likeness (QED) is 0.336. The van der Waals surface area contributed by atoms with Gasteiger partial charge in [-0.3, -0.25) is 25.7 Å². The van der Waals surface area contributed by atoms with Crippen LogP contribution in [0.5, 0.6) is 5.75 Å². The molecule has 0 spiro atoms. The van der Waals surface area contributed by atoms with Gasteiger partial charge in [-0.25, -0.2) is 4.79 Å². The van der Waals surface area contributed by atoms with Crippen LogP contribution in [0.4, 0.5) is 17.1 Å². The number of nitro benzene ring substituents is 2. The molecule has 1 N–H and O–H groups in total. The number of carbonyl (C=O) groups is 1. The first kappa shape index (κ1) is 19.3. The fourth-order valence-electron chi connectivity index (χ4n) is 2.08. The lowest BCUT2D eigenvalue weighted by atomic mass is 10.1. The van der Waals surface area contributed by atoms with E-state index in [1.807, 2.05) is 0 Å². The van der Waals surface area contributed by atoms with E-state index in [4.69, 9.17) is 4.74 Å². The third kappa shape index (κ3) is 4.54. The Hall–Kier alpha value is -4.02. The summed E-state index contributed by atoms with van der Waals surface area (Å²) in [7, 11) is 2.59. The zero-order chi connectivity index (χ0) is 20.0. The van der Waals surface area contributed by atoms with Gasteiger partial charge in [0.15, 0.2) is 5.71 Å². The number of nitrogens with zero attached hydrogens (tertiary/aromatic N) is 3. The molecular weight excluding hydrogens is 360 g/mol. The number of methoxy groups -OCH3 is 2. The maximum absolute atomic E-state index is 12.1. The standard InChI is InChI=1S/C16H14N4O7/c1-26-12-6-3-10(4-7-12)17-18-15(16(21)27-2)13-8-5-11(19(22)23)9-14(13)20(24)25/h3-9,17H,1-2H3/b18-15+. The van der Waals surface area contributed by atoms with E-state index in [0.717, 1.165) is 25.3 Å². The topological polar surface area (TPSA) is 146 Å². The number of anilines is 1. The number of rotatable bonds is 7. The Morgan fingerprint density at radius 1 is 1.04 bits per heavy atom. The van der Waals surface area contributed by atoms with Gasteiger partial charge in [0, 0.05) is 6.07 Å². The number of benzene rings is 2. The number of carbonyl (C=O) groups excluding carboxylic acids is 1. The highest BCUT2D eigenvalue weighted by atomic mass is 16.6. The first-order valence-corrected chi connectivity index (χ1v) is 7.36. The molecule has 0 amide bonds. The average Bonchev–Trinajstić information content (AvgIpc) is 2.68. The highest BCUT2D eigenvalue weighted by Crippen LogP contribution is 2.26. The molecule has 140 valence electrons. The molecule has 0 unspecified atom stereocenters. The van der Waals surface area contributed by atoms with Gasteiger partial charge in [0.2, 0.25) is 0 Å². The summed E-state index contributed by atoms with van der Waals surface area (Å²) < 4.78 is 9.64. The third-order valence-electron chi connectivity index (χ3n) is 3.41. The second-order valence-corrected chi connectivity index (χ2v) is 5.01. The Labute approximate surface area is 152 Å². The monoisotopic (exact) mass is 374 g/mol. The molecule has 2 aromatic rings. The highest BCUT2D eigenvalue weighted by molar-refractivity contribution is 6.44. The predicted octanol–water partition coefficient (Wildman–Crippen LogP) is 2.50. The molecule has 2 aromatic carbocycles. The molecule has 0 aliphatic carbocycles. The van der Waals surface area contributed by atoms with Crippen molar-refractivity contribution < 1.29 is 24.1 Å². The van der Waals surface area contributed by atoms with Crippen LogP contribution in [0.2, 0.25) is 0 Å². The molecule has 0 aromatic heterocycles. The van der Waals surface area contributed by atoms with Gasteiger partial charge in [-0.05, 0) is 30.3 Å². The SMILES string of the molecule is COC(=O)/C(=N/Nc1ccc(OC)cc1)c1ccc([N+](=O)[O-])cc1[N+](=O)[O-]. The summed E-state index contributed by atoms with van der Waals surface area (Å²) in [6, 6.07) is 9.37. The van der Waals surface area contributed by atoms with Crippen molar-refractivity contribution in [3.63, 3.8) is 0 Å². The van der Waals surface area contributed by atoms with Gasteiger partial charge >= 0.3 is 5.97 Å². The number of non-ortho nitro benzene ring substituents is 1. The van der Waals surface area contributed by atoms with E-state index < -0.39 is 32.9 Å². The minimum Gasteiger partial charge on any atom is -0.497 e. The molecule has 11 nitrogen and oxygen atoms in total. The zero-order valence-corrected chi connectivity index (χ0v) is 14.2. The number of nitrogens with one attached hydrogen (secondary N) is 1. The predicted molar refractivity (Wildman–Crippen MR) is 94.9 cm³/mol. The summed E-state index contributed by atoms with van der Waals surface area (Å²) in [5.41, 5.74) is 1.29. The molecule has 0 bridgehead atoms. The molecule has 11 heteroatoms. The van der Waals surface area contributed by atoms with Gasteiger partial charge in [0.1, 0.15) is 5.75 Å². The molecule has 0 saturated heterocycles. The van der Waals surface area contributed by atoms with E-state index in [9.17, 15) is 25.0 Å². The van der Waals surface area contributed by atoms with E-state index in [0.29, 0.717) is 11.4 Å². The van der Waals surface area contributed by atoms with Crippen LogP contribution in [0.15, 0.2) is 47.6 Å². The molecule has 2 rings (SSSR count). The van der Waals surface area contributed by atoms with Gasteiger partial charge in [0.25, 0.3) is 11.4 Å². The highest BCUT2D eigenvalue weighted by Gasteiger charge is 2.27. The summed E-state index contributed by atoms with van der Waals surface area (Å²) >= 11 is 0. The summed E-state index contributed by atoms with van der Waals surface area (Å²) in [5, 5.41) is 26.0. The Kier molecular flexibility index (Phi) is 5.99. The third-order valence-corrected chi connectivity index (χ3v) is 3.41. The van der Waals surface area contributed by atoms with Crippen LogP contribution in [0.1, 0.15) is 5.56 Å². The fraction of sp³-hybridized carbons (Fsp3) is 0.125. The van der Waals surface area contributed by atoms with E-state index in [1.165, 1.54) is 7.11 Å². The average molecular weight is 374 g/mol. The van der Waals surface area contributed by atoms with Gasteiger partial charge in [-0.1, -0.05) is 0 Å². The van der Waals surface area contributed by atoms with Crippen LogP contribution < -0.4 is 10.2 Å². The van der Waals surface area contributed by atoms with Crippen molar-refractivity contribution in [3.05, 3.63) is 68.3 Å². The lowest BCUT2D eigenvalue weighted by Gasteiger charge is -2.07. The maximum atomic E-state index is 12.1. The number of hydrogen-bond donors (Lipinski definition) is 1. The lowest BCUT2D eigenvalue weighted by Crippen LogP contribution is -2.20. The number of nitro groups is 2. The molecule has 0 aliphatic heterocycles. The van der Waals surface area contributed by atoms with Crippen molar-refractivity contribution in [1.82, 2.24) is 0 Å². The second kappa shape index (κ2) is 8.38. The lowest BCUT2D eigenvalue weighted by molar-refractivity contribution is -0.394. The van der Waals surface area contributed by atoms with E-state index in [2.05, 4.69) is 15.3 Å². The molecule has 0 aliphatic rings. The molecule has 27 heavy (non-hydrogen) atoms. The molecule has 0 radical (unpaired) electrons. The minimum absolute atomic E-state index is 0.224. The van der Waals surface area contributed by atoms with Crippen molar-refractivity contribution in [2.75, 3.05) is 19.6 Å². The largest absolute Gasteiger partial charge is 0.497 e. The van der Waals surface area contributed by atoms with Crippen LogP contribution in [-0.2, 0) is 9.53 Å². The van der Waals surface area contributed by atoms with Gasteiger partial charge < -0.3 is 9.47 Å². The summed E-state index contributed by atoms with van der Waals surface area (Å²) in [5.74, 6) is -0.350. The van der Waals surface area contributed by atoms with E-state index in [1.54, 1.807) is 24.3 Å². The molecular formula is C16H14N4O7.